The Morgan fingerprint density at radius 3 is 2.34 bits per heavy atom. The summed E-state index contributed by atoms with van der Waals surface area (Å²) in [5.74, 6) is -0.443. The molecule has 0 saturated heterocycles. The van der Waals surface area contributed by atoms with Crippen molar-refractivity contribution in [3.8, 4) is 22.6 Å². The van der Waals surface area contributed by atoms with Crippen molar-refractivity contribution in [2.75, 3.05) is 24.4 Å². The molecule has 0 radical (unpaired) electrons. The number of amides is 2. The Hall–Kier alpha value is -4.34. The quantitative estimate of drug-likeness (QED) is 0.188. The first-order chi connectivity index (χ1) is 19.7. The molecule has 3 aromatic carbocycles. The maximum absolute atomic E-state index is 13.2. The molecule has 41 heavy (non-hydrogen) atoms. The third-order valence-corrected chi connectivity index (χ3v) is 7.33. The number of benzene rings is 3. The Balaban J connectivity index is 1.47. The van der Waals surface area contributed by atoms with Crippen molar-refractivity contribution >= 4 is 51.4 Å². The zero-order valence-corrected chi connectivity index (χ0v) is 24.5. The zero-order valence-electron chi connectivity index (χ0n) is 22.9. The number of methoxy groups -OCH3 is 1. The largest absolute Gasteiger partial charge is 0.495 e. The number of halogens is 1. The summed E-state index contributed by atoms with van der Waals surface area (Å²) in [5, 5.41) is 6.48. The SMILES string of the molecule is CCOC(=O)c1c(NC(=O)c2ccc(O[C@H](C)C(=O)Nc3cc(Cl)ccc3OC)cc2)sc(C)c1-c1ccccc1. The lowest BCUT2D eigenvalue weighted by Crippen LogP contribution is -2.30. The zero-order chi connectivity index (χ0) is 29.5. The molecule has 0 unspecified atom stereocenters. The highest BCUT2D eigenvalue weighted by Gasteiger charge is 2.26. The molecule has 0 bridgehead atoms. The van der Waals surface area contributed by atoms with E-state index in [1.54, 1.807) is 56.3 Å². The minimum absolute atomic E-state index is 0.208. The van der Waals surface area contributed by atoms with Gasteiger partial charge >= 0.3 is 5.97 Å². The summed E-state index contributed by atoms with van der Waals surface area (Å²) in [4.78, 5) is 39.7. The number of thiophene rings is 1. The van der Waals surface area contributed by atoms with E-state index in [2.05, 4.69) is 10.6 Å². The third kappa shape index (κ3) is 7.06. The summed E-state index contributed by atoms with van der Waals surface area (Å²) in [6.07, 6.45) is -0.851. The van der Waals surface area contributed by atoms with Crippen LogP contribution in [0.25, 0.3) is 11.1 Å². The van der Waals surface area contributed by atoms with Crippen LogP contribution in [0.3, 0.4) is 0 Å². The van der Waals surface area contributed by atoms with Gasteiger partial charge in [-0.3, -0.25) is 9.59 Å². The average molecular weight is 593 g/mol. The summed E-state index contributed by atoms with van der Waals surface area (Å²) < 4.78 is 16.4. The predicted molar refractivity (Wildman–Crippen MR) is 162 cm³/mol. The van der Waals surface area contributed by atoms with Crippen LogP contribution in [0.15, 0.2) is 72.8 Å². The molecule has 1 aromatic heterocycles. The highest BCUT2D eigenvalue weighted by atomic mass is 35.5. The van der Waals surface area contributed by atoms with Gasteiger partial charge in [-0.1, -0.05) is 41.9 Å². The van der Waals surface area contributed by atoms with E-state index in [0.29, 0.717) is 38.3 Å². The number of carbonyl (C=O) groups excluding carboxylic acids is 3. The van der Waals surface area contributed by atoms with Crippen molar-refractivity contribution < 1.29 is 28.6 Å². The van der Waals surface area contributed by atoms with E-state index in [-0.39, 0.29) is 6.61 Å². The van der Waals surface area contributed by atoms with Crippen molar-refractivity contribution in [1.82, 2.24) is 0 Å². The second-order valence-corrected chi connectivity index (χ2v) is 10.6. The molecule has 2 N–H and O–H groups in total. The standard InChI is InChI=1S/C31H29ClN2O6S/c1-5-39-31(37)27-26(20-9-7-6-8-10-20)19(3)41-30(27)34-29(36)21-11-14-23(15-12-21)40-18(2)28(35)33-24-17-22(32)13-16-25(24)38-4/h6-18H,5H2,1-4H3,(H,33,35)(H,34,36)/t18-/m1/s1. The first-order valence-corrected chi connectivity index (χ1v) is 14.0. The van der Waals surface area contributed by atoms with Crippen LogP contribution in [0, 0.1) is 6.92 Å². The lowest BCUT2D eigenvalue weighted by molar-refractivity contribution is -0.122. The van der Waals surface area contributed by atoms with Crippen LogP contribution >= 0.6 is 22.9 Å². The van der Waals surface area contributed by atoms with Crippen LogP contribution in [0.1, 0.15) is 39.4 Å². The van der Waals surface area contributed by atoms with Gasteiger partial charge in [-0.25, -0.2) is 4.79 Å². The predicted octanol–water partition coefficient (Wildman–Crippen LogP) is 7.22. The molecule has 0 aliphatic heterocycles. The molecule has 2 amide bonds. The van der Waals surface area contributed by atoms with Gasteiger partial charge in [0.25, 0.3) is 11.8 Å². The summed E-state index contributed by atoms with van der Waals surface area (Å²) in [6.45, 7) is 5.45. The van der Waals surface area contributed by atoms with Gasteiger partial charge in [-0.2, -0.15) is 0 Å². The van der Waals surface area contributed by atoms with Crippen molar-refractivity contribution in [1.29, 1.82) is 0 Å². The van der Waals surface area contributed by atoms with Gasteiger partial charge in [0.2, 0.25) is 0 Å². The van der Waals surface area contributed by atoms with Gasteiger partial charge in [-0.15, -0.1) is 11.3 Å². The normalized spacial score (nSPS) is 11.3. The van der Waals surface area contributed by atoms with Gasteiger partial charge in [0, 0.05) is 21.0 Å². The second kappa shape index (κ2) is 13.3. The van der Waals surface area contributed by atoms with E-state index in [4.69, 9.17) is 25.8 Å². The molecule has 1 atom stereocenters. The van der Waals surface area contributed by atoms with Crippen LogP contribution in [0.5, 0.6) is 11.5 Å². The number of ether oxygens (including phenoxy) is 3. The molecule has 1 heterocycles. The highest BCUT2D eigenvalue weighted by Crippen LogP contribution is 2.40. The van der Waals surface area contributed by atoms with Gasteiger partial charge in [0.05, 0.1) is 19.4 Å². The van der Waals surface area contributed by atoms with E-state index in [9.17, 15) is 14.4 Å². The first kappa shape index (κ1) is 29.6. The monoisotopic (exact) mass is 592 g/mol. The van der Waals surface area contributed by atoms with E-state index in [1.165, 1.54) is 18.4 Å². The minimum Gasteiger partial charge on any atom is -0.495 e. The maximum Gasteiger partial charge on any atom is 0.341 e. The Morgan fingerprint density at radius 2 is 1.68 bits per heavy atom. The molecular formula is C31H29ClN2O6S. The smallest absolute Gasteiger partial charge is 0.341 e. The number of esters is 1. The third-order valence-electron chi connectivity index (χ3n) is 6.07. The van der Waals surface area contributed by atoms with E-state index in [0.717, 1.165) is 16.0 Å². The molecule has 0 fully saturated rings. The van der Waals surface area contributed by atoms with Crippen LogP contribution < -0.4 is 20.1 Å². The molecule has 0 aliphatic rings. The average Bonchev–Trinajstić information content (AvgIpc) is 3.29. The summed E-state index contributed by atoms with van der Waals surface area (Å²) in [7, 11) is 1.50. The lowest BCUT2D eigenvalue weighted by atomic mass is 10.0. The fourth-order valence-corrected chi connectivity index (χ4v) is 5.34. The van der Waals surface area contributed by atoms with E-state index in [1.807, 2.05) is 37.3 Å². The number of anilines is 2. The lowest BCUT2D eigenvalue weighted by Gasteiger charge is -2.16. The number of rotatable bonds is 10. The Morgan fingerprint density at radius 1 is 0.976 bits per heavy atom. The maximum atomic E-state index is 13.2. The molecule has 0 spiro atoms. The topological polar surface area (TPSA) is 103 Å². The molecule has 8 nitrogen and oxygen atoms in total. The van der Waals surface area contributed by atoms with Crippen LogP contribution in [0.2, 0.25) is 5.02 Å². The second-order valence-electron chi connectivity index (χ2n) is 8.90. The number of hydrogen-bond donors (Lipinski definition) is 2. The van der Waals surface area contributed by atoms with E-state index >= 15 is 0 Å². The Kier molecular flexibility index (Phi) is 9.65. The van der Waals surface area contributed by atoms with Crippen molar-refractivity contribution in [3.63, 3.8) is 0 Å². The molecule has 10 heteroatoms. The molecular weight excluding hydrogens is 564 g/mol. The molecule has 0 saturated carbocycles. The fourth-order valence-electron chi connectivity index (χ4n) is 4.11. The van der Waals surface area contributed by atoms with Crippen molar-refractivity contribution in [3.05, 3.63) is 93.8 Å². The first-order valence-electron chi connectivity index (χ1n) is 12.8. The summed E-state index contributed by atoms with van der Waals surface area (Å²) in [6, 6.07) is 20.8. The van der Waals surface area contributed by atoms with Crippen LogP contribution in [-0.4, -0.2) is 37.6 Å². The number of nitrogens with one attached hydrogen (secondary N) is 2. The van der Waals surface area contributed by atoms with Crippen molar-refractivity contribution in [2.45, 2.75) is 26.9 Å². The highest BCUT2D eigenvalue weighted by molar-refractivity contribution is 7.17. The number of aryl methyl sites for hydroxylation is 1. The van der Waals surface area contributed by atoms with Gasteiger partial charge < -0.3 is 24.8 Å². The molecule has 4 aromatic rings. The van der Waals surface area contributed by atoms with Crippen LogP contribution in [-0.2, 0) is 9.53 Å². The van der Waals surface area contributed by atoms with Gasteiger partial charge in [-0.05, 0) is 68.8 Å². The molecule has 212 valence electrons. The van der Waals surface area contributed by atoms with E-state index < -0.39 is 23.9 Å². The molecule has 0 aliphatic carbocycles. The summed E-state index contributed by atoms with van der Waals surface area (Å²) in [5.41, 5.74) is 2.69. The van der Waals surface area contributed by atoms with Gasteiger partial charge in [0.15, 0.2) is 6.10 Å². The number of hydrogen-bond acceptors (Lipinski definition) is 7. The summed E-state index contributed by atoms with van der Waals surface area (Å²) >= 11 is 7.35. The van der Waals surface area contributed by atoms with Crippen LogP contribution in [0.4, 0.5) is 10.7 Å². The van der Waals surface area contributed by atoms with Crippen molar-refractivity contribution in [2.24, 2.45) is 0 Å². The minimum atomic E-state index is -0.851. The Bertz CT molecular complexity index is 1550. The van der Waals surface area contributed by atoms with Gasteiger partial charge in [0.1, 0.15) is 22.1 Å². The fraction of sp³-hybridized carbons (Fsp3) is 0.194. The number of carbonyl (C=O) groups is 3. The molecule has 4 rings (SSSR count). The Labute approximate surface area is 247 Å².